The zero-order chi connectivity index (χ0) is 18.4. The number of rotatable bonds is 7. The van der Waals surface area contributed by atoms with Gasteiger partial charge in [-0.05, 0) is 30.5 Å². The number of nitrogens with one attached hydrogen (secondary N) is 1. The first-order valence-electron chi connectivity index (χ1n) is 8.12. The Kier molecular flexibility index (Phi) is 6.33. The molecule has 0 saturated carbocycles. The van der Waals surface area contributed by atoms with Crippen molar-refractivity contribution in [3.05, 3.63) is 65.2 Å². The summed E-state index contributed by atoms with van der Waals surface area (Å²) in [6.45, 7) is 4.27. The number of hydrogen-bond acceptors (Lipinski definition) is 3. The first kappa shape index (κ1) is 19.1. The summed E-state index contributed by atoms with van der Waals surface area (Å²) >= 11 is 0. The molecule has 134 valence electrons. The van der Waals surface area contributed by atoms with Gasteiger partial charge in [0.1, 0.15) is 0 Å². The second kappa shape index (κ2) is 8.27. The predicted molar refractivity (Wildman–Crippen MR) is 101 cm³/mol. The van der Waals surface area contributed by atoms with Gasteiger partial charge >= 0.3 is 0 Å². The molecule has 2 aromatic carbocycles. The van der Waals surface area contributed by atoms with E-state index in [2.05, 4.69) is 5.32 Å². The smallest absolute Gasteiger partial charge is 0.225 e. The van der Waals surface area contributed by atoms with Gasteiger partial charge in [-0.1, -0.05) is 48.5 Å². The Labute approximate surface area is 149 Å². The molecule has 0 aliphatic heterocycles. The van der Waals surface area contributed by atoms with Gasteiger partial charge < -0.3 is 5.32 Å². The first-order valence-corrected chi connectivity index (χ1v) is 9.97. The van der Waals surface area contributed by atoms with E-state index in [4.69, 9.17) is 0 Å². The molecule has 5 nitrogen and oxygen atoms in total. The third-order valence-corrected chi connectivity index (χ3v) is 5.25. The standard InChI is InChI=1S/C19H24N2O3S/c1-15-8-7-9-16(2)19(15)20-18(22)12-13-21(25(3,23)24)14-17-10-5-4-6-11-17/h4-11H,12-14H2,1-3H3,(H,20,22). The minimum atomic E-state index is -3.39. The normalized spacial score (nSPS) is 11.5. The number of hydrogen-bond donors (Lipinski definition) is 1. The summed E-state index contributed by atoms with van der Waals surface area (Å²) in [5.41, 5.74) is 3.65. The molecule has 0 spiro atoms. The fourth-order valence-electron chi connectivity index (χ4n) is 2.59. The number of carbonyl (C=O) groups excluding carboxylic acids is 1. The lowest BCUT2D eigenvalue weighted by Crippen LogP contribution is -2.32. The Hall–Kier alpha value is -2.18. The molecule has 0 fully saturated rings. The summed E-state index contributed by atoms with van der Waals surface area (Å²) in [6, 6.07) is 15.1. The van der Waals surface area contributed by atoms with Crippen LogP contribution in [0.15, 0.2) is 48.5 Å². The number of nitrogens with zero attached hydrogens (tertiary/aromatic N) is 1. The predicted octanol–water partition coefficient (Wildman–Crippen LogP) is 3.09. The minimum absolute atomic E-state index is 0.105. The molecule has 0 aromatic heterocycles. The van der Waals surface area contributed by atoms with Crippen LogP contribution >= 0.6 is 0 Å². The van der Waals surface area contributed by atoms with Gasteiger partial charge in [-0.15, -0.1) is 0 Å². The van der Waals surface area contributed by atoms with E-state index in [1.165, 1.54) is 10.6 Å². The summed E-state index contributed by atoms with van der Waals surface area (Å²) < 4.78 is 25.3. The van der Waals surface area contributed by atoms with Crippen molar-refractivity contribution in [1.29, 1.82) is 0 Å². The van der Waals surface area contributed by atoms with E-state index < -0.39 is 10.0 Å². The summed E-state index contributed by atoms with van der Waals surface area (Å²) in [7, 11) is -3.39. The third-order valence-electron chi connectivity index (χ3n) is 4.00. The fourth-order valence-corrected chi connectivity index (χ4v) is 3.40. The Morgan fingerprint density at radius 2 is 1.60 bits per heavy atom. The lowest BCUT2D eigenvalue weighted by molar-refractivity contribution is -0.116. The monoisotopic (exact) mass is 360 g/mol. The molecule has 0 aliphatic rings. The maximum atomic E-state index is 12.3. The number of sulfonamides is 1. The van der Waals surface area contributed by atoms with E-state index in [1.807, 2.05) is 62.4 Å². The molecular formula is C19H24N2O3S. The molecule has 25 heavy (non-hydrogen) atoms. The third kappa shape index (κ3) is 5.69. The Morgan fingerprint density at radius 3 is 2.16 bits per heavy atom. The molecule has 6 heteroatoms. The molecule has 0 radical (unpaired) electrons. The van der Waals surface area contributed by atoms with Gasteiger partial charge in [0, 0.05) is 25.2 Å². The molecule has 0 saturated heterocycles. The topological polar surface area (TPSA) is 66.5 Å². The zero-order valence-electron chi connectivity index (χ0n) is 14.8. The molecule has 1 N–H and O–H groups in total. The van der Waals surface area contributed by atoms with Crippen LogP contribution in [0.2, 0.25) is 0 Å². The van der Waals surface area contributed by atoms with Crippen LogP contribution in [0.5, 0.6) is 0 Å². The van der Waals surface area contributed by atoms with Gasteiger partial charge in [0.05, 0.1) is 6.26 Å². The van der Waals surface area contributed by atoms with Crippen LogP contribution < -0.4 is 5.32 Å². The summed E-state index contributed by atoms with van der Waals surface area (Å²) in [6.07, 6.45) is 1.27. The molecule has 0 atom stereocenters. The van der Waals surface area contributed by atoms with Crippen LogP contribution in [0.25, 0.3) is 0 Å². The Bertz CT molecular complexity index is 813. The second-order valence-electron chi connectivity index (χ2n) is 6.15. The quantitative estimate of drug-likeness (QED) is 0.825. The van der Waals surface area contributed by atoms with Crippen molar-refractivity contribution in [2.75, 3.05) is 18.1 Å². The Balaban J connectivity index is 2.02. The molecular weight excluding hydrogens is 336 g/mol. The van der Waals surface area contributed by atoms with Crippen LogP contribution in [-0.4, -0.2) is 31.4 Å². The van der Waals surface area contributed by atoms with Gasteiger partial charge in [-0.3, -0.25) is 4.79 Å². The molecule has 0 bridgehead atoms. The average molecular weight is 360 g/mol. The highest BCUT2D eigenvalue weighted by molar-refractivity contribution is 7.88. The van der Waals surface area contributed by atoms with Gasteiger partial charge in [-0.25, -0.2) is 8.42 Å². The minimum Gasteiger partial charge on any atom is -0.326 e. The van der Waals surface area contributed by atoms with Gasteiger partial charge in [0.15, 0.2) is 0 Å². The van der Waals surface area contributed by atoms with Crippen molar-refractivity contribution < 1.29 is 13.2 Å². The number of amides is 1. The van der Waals surface area contributed by atoms with Gasteiger partial charge in [0.25, 0.3) is 0 Å². The van der Waals surface area contributed by atoms with Crippen LogP contribution in [0.4, 0.5) is 5.69 Å². The van der Waals surface area contributed by atoms with Crippen molar-refractivity contribution >= 4 is 21.6 Å². The van der Waals surface area contributed by atoms with Crippen molar-refractivity contribution in [1.82, 2.24) is 4.31 Å². The average Bonchev–Trinajstić information content (AvgIpc) is 2.55. The molecule has 0 aliphatic carbocycles. The van der Waals surface area contributed by atoms with Gasteiger partial charge in [-0.2, -0.15) is 4.31 Å². The van der Waals surface area contributed by atoms with Crippen molar-refractivity contribution in [2.45, 2.75) is 26.8 Å². The molecule has 2 rings (SSSR count). The lowest BCUT2D eigenvalue weighted by Gasteiger charge is -2.20. The molecule has 0 unspecified atom stereocenters. The SMILES string of the molecule is Cc1cccc(C)c1NC(=O)CCN(Cc1ccccc1)S(C)(=O)=O. The van der Waals surface area contributed by atoms with Crippen molar-refractivity contribution in [2.24, 2.45) is 0 Å². The summed E-state index contributed by atoms with van der Waals surface area (Å²) in [5, 5.41) is 2.89. The highest BCUT2D eigenvalue weighted by Gasteiger charge is 2.18. The molecule has 2 aromatic rings. The van der Waals surface area contributed by atoms with E-state index in [-0.39, 0.29) is 25.4 Å². The maximum absolute atomic E-state index is 12.3. The van der Waals surface area contributed by atoms with Crippen LogP contribution in [0, 0.1) is 13.8 Å². The van der Waals surface area contributed by atoms with E-state index in [1.54, 1.807) is 0 Å². The number of benzene rings is 2. The first-order chi connectivity index (χ1) is 11.8. The Morgan fingerprint density at radius 1 is 1.00 bits per heavy atom. The van der Waals surface area contributed by atoms with Gasteiger partial charge in [0.2, 0.25) is 15.9 Å². The lowest BCUT2D eigenvalue weighted by atomic mass is 10.1. The highest BCUT2D eigenvalue weighted by atomic mass is 32.2. The van der Waals surface area contributed by atoms with Crippen LogP contribution in [-0.2, 0) is 21.4 Å². The molecule has 0 heterocycles. The van der Waals surface area contributed by atoms with Crippen LogP contribution in [0.1, 0.15) is 23.1 Å². The highest BCUT2D eigenvalue weighted by Crippen LogP contribution is 2.19. The summed E-state index contributed by atoms with van der Waals surface area (Å²) in [4.78, 5) is 12.3. The number of para-hydroxylation sites is 1. The van der Waals surface area contributed by atoms with Crippen LogP contribution in [0.3, 0.4) is 0 Å². The second-order valence-corrected chi connectivity index (χ2v) is 8.13. The van der Waals surface area contributed by atoms with Crippen molar-refractivity contribution in [3.63, 3.8) is 0 Å². The largest absolute Gasteiger partial charge is 0.326 e. The summed E-state index contributed by atoms with van der Waals surface area (Å²) in [5.74, 6) is -0.195. The van der Waals surface area contributed by atoms with E-state index >= 15 is 0 Å². The number of anilines is 1. The number of carbonyl (C=O) groups is 1. The molecule has 1 amide bonds. The number of aryl methyl sites for hydroxylation is 2. The zero-order valence-corrected chi connectivity index (χ0v) is 15.6. The maximum Gasteiger partial charge on any atom is 0.225 e. The fraction of sp³-hybridized carbons (Fsp3) is 0.316. The van der Waals surface area contributed by atoms with E-state index in [9.17, 15) is 13.2 Å². The van der Waals surface area contributed by atoms with E-state index in [0.717, 1.165) is 22.4 Å². The van der Waals surface area contributed by atoms with Crippen molar-refractivity contribution in [3.8, 4) is 0 Å². The van der Waals surface area contributed by atoms with E-state index in [0.29, 0.717) is 0 Å².